The number of benzene rings is 3. The van der Waals surface area contributed by atoms with E-state index in [1.807, 2.05) is 24.3 Å². The van der Waals surface area contributed by atoms with E-state index in [0.717, 1.165) is 41.4 Å². The van der Waals surface area contributed by atoms with Crippen molar-refractivity contribution in [3.05, 3.63) is 90.3 Å². The Hall–Kier alpha value is -3.01. The first kappa shape index (κ1) is 26.6. The van der Waals surface area contributed by atoms with Gasteiger partial charge in [0.25, 0.3) is 0 Å². The van der Waals surface area contributed by atoms with Gasteiger partial charge in [-0.05, 0) is 122 Å². The number of halogens is 3. The molecular formula is C34H37F3O. The zero-order chi connectivity index (χ0) is 26.6. The summed E-state index contributed by atoms with van der Waals surface area (Å²) in [7, 11) is 0. The average molecular weight is 519 g/mol. The fourth-order valence-electron chi connectivity index (χ4n) is 6.66. The molecule has 0 aromatic heterocycles. The summed E-state index contributed by atoms with van der Waals surface area (Å²) in [5.74, 6) is 0.429. The normalized spacial score (nSPS) is 23.7. The summed E-state index contributed by atoms with van der Waals surface area (Å²) < 4.78 is 49.4. The summed E-state index contributed by atoms with van der Waals surface area (Å²) in [5, 5.41) is 0. The van der Waals surface area contributed by atoms with Crippen molar-refractivity contribution in [1.29, 1.82) is 0 Å². The Morgan fingerprint density at radius 3 is 1.95 bits per heavy atom. The van der Waals surface area contributed by atoms with E-state index in [-0.39, 0.29) is 29.7 Å². The molecule has 0 saturated heterocycles. The first-order chi connectivity index (χ1) is 18.5. The number of allylic oxidation sites excluding steroid dienone is 1. The molecule has 3 aromatic rings. The molecule has 0 atom stereocenters. The van der Waals surface area contributed by atoms with Crippen molar-refractivity contribution in [1.82, 2.24) is 0 Å². The largest absolute Gasteiger partial charge is 0.491 e. The summed E-state index contributed by atoms with van der Waals surface area (Å²) in [4.78, 5) is 0. The van der Waals surface area contributed by atoms with E-state index < -0.39 is 11.6 Å². The molecule has 3 aromatic carbocycles. The smallest absolute Gasteiger partial charge is 0.201 e. The maximum atomic E-state index is 15.3. The van der Waals surface area contributed by atoms with Crippen LogP contribution in [-0.2, 0) is 0 Å². The van der Waals surface area contributed by atoms with E-state index in [2.05, 4.69) is 12.7 Å². The molecule has 1 nitrogen and oxygen atoms in total. The van der Waals surface area contributed by atoms with Gasteiger partial charge >= 0.3 is 0 Å². The molecule has 0 aliphatic heterocycles. The Bertz CT molecular complexity index is 1250. The van der Waals surface area contributed by atoms with Gasteiger partial charge in [-0.3, -0.25) is 0 Å². The second-order valence-electron chi connectivity index (χ2n) is 11.0. The fourth-order valence-corrected chi connectivity index (χ4v) is 6.66. The van der Waals surface area contributed by atoms with Crippen molar-refractivity contribution < 1.29 is 17.9 Å². The highest BCUT2D eigenvalue weighted by Crippen LogP contribution is 2.44. The number of hydrogen-bond acceptors (Lipinski definition) is 1. The third kappa shape index (κ3) is 5.55. The molecule has 2 aliphatic carbocycles. The van der Waals surface area contributed by atoms with Crippen molar-refractivity contribution in [3.63, 3.8) is 0 Å². The highest BCUT2D eigenvalue weighted by Gasteiger charge is 2.31. The zero-order valence-corrected chi connectivity index (χ0v) is 22.2. The zero-order valence-electron chi connectivity index (χ0n) is 22.2. The van der Waals surface area contributed by atoms with Crippen LogP contribution < -0.4 is 4.74 Å². The molecule has 0 spiro atoms. The van der Waals surface area contributed by atoms with Crippen LogP contribution in [0.15, 0.2) is 67.3 Å². The van der Waals surface area contributed by atoms with Gasteiger partial charge in [0.15, 0.2) is 11.6 Å². The maximum absolute atomic E-state index is 15.3. The van der Waals surface area contributed by atoms with Crippen LogP contribution in [0.2, 0.25) is 0 Å². The molecule has 5 rings (SSSR count). The van der Waals surface area contributed by atoms with Gasteiger partial charge in [0.2, 0.25) is 5.82 Å². The van der Waals surface area contributed by atoms with Gasteiger partial charge in [0.1, 0.15) is 5.82 Å². The Morgan fingerprint density at radius 1 is 0.737 bits per heavy atom. The van der Waals surface area contributed by atoms with E-state index >= 15 is 4.39 Å². The average Bonchev–Trinajstić information content (AvgIpc) is 2.96. The quantitative estimate of drug-likeness (QED) is 0.283. The molecule has 200 valence electrons. The maximum Gasteiger partial charge on any atom is 0.201 e. The first-order valence-corrected chi connectivity index (χ1v) is 14.1. The second kappa shape index (κ2) is 11.8. The monoisotopic (exact) mass is 518 g/mol. The predicted molar refractivity (Wildman–Crippen MR) is 149 cm³/mol. The Kier molecular flexibility index (Phi) is 8.26. The molecule has 2 aliphatic rings. The Morgan fingerprint density at radius 2 is 1.34 bits per heavy atom. The van der Waals surface area contributed by atoms with Gasteiger partial charge in [-0.25, -0.2) is 8.78 Å². The van der Waals surface area contributed by atoms with E-state index in [0.29, 0.717) is 11.5 Å². The van der Waals surface area contributed by atoms with Gasteiger partial charge in [0.05, 0.1) is 6.61 Å². The summed E-state index contributed by atoms with van der Waals surface area (Å²) >= 11 is 0. The number of ether oxygens (including phenoxy) is 1. The molecule has 0 amide bonds. The third-order valence-electron chi connectivity index (χ3n) is 8.90. The highest BCUT2D eigenvalue weighted by molar-refractivity contribution is 5.71. The Labute approximate surface area is 224 Å². The van der Waals surface area contributed by atoms with E-state index in [4.69, 9.17) is 4.74 Å². The van der Waals surface area contributed by atoms with E-state index in [9.17, 15) is 8.78 Å². The summed E-state index contributed by atoms with van der Waals surface area (Å²) in [6, 6.07) is 15.6. The molecule has 0 radical (unpaired) electrons. The van der Waals surface area contributed by atoms with Gasteiger partial charge < -0.3 is 4.74 Å². The SMILES string of the molecule is C=CC1CCC(C2CCC(c3ccc(-c4ccc(-c5ccc(OCC)c(F)c5F)cc4)cc3F)CC2)CC1. The van der Waals surface area contributed by atoms with Crippen LogP contribution in [0.4, 0.5) is 13.2 Å². The van der Waals surface area contributed by atoms with Crippen molar-refractivity contribution in [3.8, 4) is 28.0 Å². The number of rotatable bonds is 7. The van der Waals surface area contributed by atoms with Crippen LogP contribution in [-0.4, -0.2) is 6.61 Å². The van der Waals surface area contributed by atoms with Crippen LogP contribution in [0.25, 0.3) is 22.3 Å². The Balaban J connectivity index is 1.24. The lowest BCUT2D eigenvalue weighted by Crippen LogP contribution is -2.25. The molecule has 0 heterocycles. The lowest BCUT2D eigenvalue weighted by atomic mass is 9.68. The van der Waals surface area contributed by atoms with Crippen molar-refractivity contribution in [2.24, 2.45) is 17.8 Å². The minimum atomic E-state index is -0.986. The molecule has 0 N–H and O–H groups in total. The molecule has 2 saturated carbocycles. The fraction of sp³-hybridized carbons (Fsp3) is 0.412. The molecule has 0 bridgehead atoms. The lowest BCUT2D eigenvalue weighted by Gasteiger charge is -2.37. The molecule has 38 heavy (non-hydrogen) atoms. The van der Waals surface area contributed by atoms with Crippen LogP contribution in [0.5, 0.6) is 5.75 Å². The van der Waals surface area contributed by atoms with Gasteiger partial charge in [-0.15, -0.1) is 6.58 Å². The molecular weight excluding hydrogens is 481 g/mol. The van der Waals surface area contributed by atoms with Gasteiger partial charge in [-0.1, -0.05) is 42.5 Å². The summed E-state index contributed by atoms with van der Waals surface area (Å²) in [6.07, 6.45) is 11.8. The number of hydrogen-bond donors (Lipinski definition) is 0. The first-order valence-electron chi connectivity index (χ1n) is 14.1. The molecule has 4 heteroatoms. The third-order valence-corrected chi connectivity index (χ3v) is 8.90. The standard InChI is InChI=1S/C34H37F3O/c1-3-22-5-7-23(8-6-22)24-9-13-26(14-10-24)29-18-17-28(21-31(29)35)25-11-15-27(16-12-25)30-19-20-32(38-4-2)34(37)33(30)36/h3,11-12,15-24,26H,1,4-10,13-14H2,2H3. The van der Waals surface area contributed by atoms with Crippen LogP contribution in [0, 0.1) is 35.2 Å². The van der Waals surface area contributed by atoms with E-state index in [1.54, 1.807) is 25.1 Å². The minimum Gasteiger partial charge on any atom is -0.491 e. The van der Waals surface area contributed by atoms with Crippen molar-refractivity contribution >= 4 is 0 Å². The van der Waals surface area contributed by atoms with Gasteiger partial charge in [0, 0.05) is 5.56 Å². The van der Waals surface area contributed by atoms with Crippen molar-refractivity contribution in [2.45, 2.75) is 64.2 Å². The van der Waals surface area contributed by atoms with E-state index in [1.165, 1.54) is 50.7 Å². The predicted octanol–water partition coefficient (Wildman–Crippen LogP) is 10.1. The minimum absolute atomic E-state index is 0.0925. The lowest BCUT2D eigenvalue weighted by molar-refractivity contribution is 0.171. The second-order valence-corrected chi connectivity index (χ2v) is 11.0. The molecule has 0 unspecified atom stereocenters. The van der Waals surface area contributed by atoms with Crippen LogP contribution >= 0.6 is 0 Å². The highest BCUT2D eigenvalue weighted by atomic mass is 19.2. The topological polar surface area (TPSA) is 9.23 Å². The summed E-state index contributed by atoms with van der Waals surface area (Å²) in [6.45, 7) is 5.95. The van der Waals surface area contributed by atoms with Crippen LogP contribution in [0.3, 0.4) is 0 Å². The summed E-state index contributed by atoms with van der Waals surface area (Å²) in [5.41, 5.74) is 3.17. The van der Waals surface area contributed by atoms with Gasteiger partial charge in [-0.2, -0.15) is 4.39 Å². The molecule has 2 fully saturated rings. The van der Waals surface area contributed by atoms with Crippen LogP contribution in [0.1, 0.15) is 69.8 Å². The van der Waals surface area contributed by atoms with Crippen molar-refractivity contribution in [2.75, 3.05) is 6.61 Å².